The third-order valence-electron chi connectivity index (χ3n) is 3.99. The topological polar surface area (TPSA) is 74.7 Å². The first-order chi connectivity index (χ1) is 14.1. The van der Waals surface area contributed by atoms with Gasteiger partial charge in [0.1, 0.15) is 18.0 Å². The van der Waals surface area contributed by atoms with Crippen LogP contribution in [0.5, 0.6) is 5.88 Å². The summed E-state index contributed by atoms with van der Waals surface area (Å²) >= 11 is 0. The van der Waals surface area contributed by atoms with E-state index in [1.165, 1.54) is 18.2 Å². The van der Waals surface area contributed by atoms with E-state index in [9.17, 15) is 22.0 Å². The van der Waals surface area contributed by atoms with Gasteiger partial charge in [0.2, 0.25) is 5.88 Å². The van der Waals surface area contributed by atoms with E-state index in [0.29, 0.717) is 32.0 Å². The molecule has 0 amide bonds. The molecule has 1 aromatic heterocycles. The number of nitrogens with zero attached hydrogens (tertiary/aromatic N) is 2. The van der Waals surface area contributed by atoms with Crippen LogP contribution in [0.2, 0.25) is 0 Å². The average molecular weight is 433 g/mol. The second-order valence-electron chi connectivity index (χ2n) is 6.28. The quantitative estimate of drug-likeness (QED) is 0.720. The van der Waals surface area contributed by atoms with E-state index < -0.39 is 41.8 Å². The summed E-state index contributed by atoms with van der Waals surface area (Å²) in [6.07, 6.45) is -4.68. The molecule has 1 aliphatic rings. The monoisotopic (exact) mass is 433 g/mol. The second kappa shape index (κ2) is 10.2. The molecular formula is C19H20F5N3O3. The summed E-state index contributed by atoms with van der Waals surface area (Å²) in [6.45, 7) is 3.08. The Morgan fingerprint density at radius 3 is 2.43 bits per heavy atom. The lowest BCUT2D eigenvalue weighted by Crippen LogP contribution is -2.43. The van der Waals surface area contributed by atoms with Crippen LogP contribution in [0.3, 0.4) is 0 Å². The van der Waals surface area contributed by atoms with Gasteiger partial charge in [-0.3, -0.25) is 4.79 Å². The van der Waals surface area contributed by atoms with Gasteiger partial charge in [-0.25, -0.2) is 8.78 Å². The van der Waals surface area contributed by atoms with Gasteiger partial charge in [0, 0.05) is 38.7 Å². The van der Waals surface area contributed by atoms with E-state index in [0.717, 1.165) is 19.1 Å². The number of benzene rings is 1. The zero-order chi connectivity index (χ0) is 22.3. The maximum atomic E-state index is 13.7. The number of carboxylic acid groups (broad SMARTS) is 1. The molecule has 164 valence electrons. The SMILES string of the molecule is CC(=O)O.Fc1cccc(COc2nc(N3CCNCC3)ccc2C(F)(F)F)c1F. The molecule has 2 N–H and O–H groups in total. The molecule has 1 aromatic carbocycles. The number of hydrogen-bond acceptors (Lipinski definition) is 5. The highest BCUT2D eigenvalue weighted by Gasteiger charge is 2.36. The van der Waals surface area contributed by atoms with Crippen molar-refractivity contribution < 1.29 is 36.6 Å². The molecule has 0 atom stereocenters. The van der Waals surface area contributed by atoms with Crippen LogP contribution in [0.15, 0.2) is 30.3 Å². The molecule has 0 aliphatic carbocycles. The molecule has 30 heavy (non-hydrogen) atoms. The molecule has 11 heteroatoms. The predicted molar refractivity (Wildman–Crippen MR) is 98.3 cm³/mol. The smallest absolute Gasteiger partial charge is 0.421 e. The number of carbonyl (C=O) groups is 1. The summed E-state index contributed by atoms with van der Waals surface area (Å²) in [7, 11) is 0. The Bertz CT molecular complexity index is 867. The number of rotatable bonds is 4. The van der Waals surface area contributed by atoms with Gasteiger partial charge < -0.3 is 20.1 Å². The Labute approximate surface area is 169 Å². The normalized spacial score (nSPS) is 14.0. The van der Waals surface area contributed by atoms with Crippen molar-refractivity contribution in [2.45, 2.75) is 19.7 Å². The number of anilines is 1. The predicted octanol–water partition coefficient (Wildman–Crippen LogP) is 3.46. The number of carboxylic acids is 1. The second-order valence-corrected chi connectivity index (χ2v) is 6.28. The number of piperazine rings is 1. The lowest BCUT2D eigenvalue weighted by Gasteiger charge is -2.29. The standard InChI is InChI=1S/C17H16F5N3O.C2H4O2/c18-13-3-1-2-11(15(13)19)10-26-16-12(17(20,21)22)4-5-14(24-16)25-8-6-23-7-9-25;1-2(3)4/h1-5,23H,6-10H2;1H3,(H,3,4). The van der Waals surface area contributed by atoms with Crippen LogP contribution >= 0.6 is 0 Å². The van der Waals surface area contributed by atoms with Crippen LogP contribution in [0.4, 0.5) is 27.8 Å². The first kappa shape index (κ1) is 23.3. The summed E-state index contributed by atoms with van der Waals surface area (Å²) < 4.78 is 71.7. The van der Waals surface area contributed by atoms with Crippen molar-refractivity contribution in [3.05, 3.63) is 53.1 Å². The minimum absolute atomic E-state index is 0.187. The van der Waals surface area contributed by atoms with Gasteiger partial charge in [0.25, 0.3) is 5.97 Å². The minimum atomic E-state index is -4.68. The molecule has 0 radical (unpaired) electrons. The van der Waals surface area contributed by atoms with Crippen molar-refractivity contribution in [1.29, 1.82) is 0 Å². The Balaban J connectivity index is 0.000000735. The van der Waals surface area contributed by atoms with E-state index in [1.54, 1.807) is 0 Å². The van der Waals surface area contributed by atoms with E-state index in [4.69, 9.17) is 14.6 Å². The van der Waals surface area contributed by atoms with Crippen molar-refractivity contribution in [2.75, 3.05) is 31.1 Å². The van der Waals surface area contributed by atoms with E-state index in [-0.39, 0.29) is 5.56 Å². The largest absolute Gasteiger partial charge is 0.481 e. The van der Waals surface area contributed by atoms with Crippen molar-refractivity contribution >= 4 is 11.8 Å². The van der Waals surface area contributed by atoms with Gasteiger partial charge in [0.05, 0.1) is 0 Å². The highest BCUT2D eigenvalue weighted by Crippen LogP contribution is 2.36. The first-order valence-corrected chi connectivity index (χ1v) is 8.88. The molecule has 1 saturated heterocycles. The summed E-state index contributed by atoms with van der Waals surface area (Å²) in [5, 5.41) is 10.6. The van der Waals surface area contributed by atoms with Crippen molar-refractivity contribution in [2.24, 2.45) is 0 Å². The molecule has 2 aromatic rings. The number of alkyl halides is 3. The molecule has 1 fully saturated rings. The number of ether oxygens (including phenoxy) is 1. The Hall–Kier alpha value is -2.95. The zero-order valence-electron chi connectivity index (χ0n) is 16.0. The third kappa shape index (κ3) is 6.55. The van der Waals surface area contributed by atoms with Crippen LogP contribution in [-0.2, 0) is 17.6 Å². The molecule has 0 saturated carbocycles. The van der Waals surface area contributed by atoms with Crippen molar-refractivity contribution in [3.8, 4) is 5.88 Å². The van der Waals surface area contributed by atoms with Gasteiger partial charge in [0.15, 0.2) is 11.6 Å². The van der Waals surface area contributed by atoms with Gasteiger partial charge in [-0.1, -0.05) is 12.1 Å². The number of pyridine rings is 1. The lowest BCUT2D eigenvalue weighted by molar-refractivity contribution is -0.139. The highest BCUT2D eigenvalue weighted by molar-refractivity contribution is 5.62. The molecule has 0 bridgehead atoms. The van der Waals surface area contributed by atoms with E-state index in [1.807, 2.05) is 4.90 Å². The summed E-state index contributed by atoms with van der Waals surface area (Å²) in [5.41, 5.74) is -1.25. The lowest BCUT2D eigenvalue weighted by atomic mass is 10.2. The molecule has 3 rings (SSSR count). The van der Waals surface area contributed by atoms with Crippen LogP contribution in [-0.4, -0.2) is 42.2 Å². The van der Waals surface area contributed by atoms with Gasteiger partial charge >= 0.3 is 6.18 Å². The summed E-state index contributed by atoms with van der Waals surface area (Å²) in [5.74, 6) is -3.39. The molecule has 2 heterocycles. The fraction of sp³-hybridized carbons (Fsp3) is 0.368. The molecule has 0 unspecified atom stereocenters. The van der Waals surface area contributed by atoms with E-state index in [2.05, 4.69) is 10.3 Å². The average Bonchev–Trinajstić information content (AvgIpc) is 2.68. The molecule has 0 spiro atoms. The van der Waals surface area contributed by atoms with E-state index >= 15 is 0 Å². The van der Waals surface area contributed by atoms with Gasteiger partial charge in [-0.2, -0.15) is 18.2 Å². The van der Waals surface area contributed by atoms with Gasteiger partial charge in [-0.15, -0.1) is 0 Å². The molecular weight excluding hydrogens is 413 g/mol. The first-order valence-electron chi connectivity index (χ1n) is 8.88. The third-order valence-corrected chi connectivity index (χ3v) is 3.99. The fourth-order valence-electron chi connectivity index (χ4n) is 2.63. The number of nitrogens with one attached hydrogen (secondary N) is 1. The van der Waals surface area contributed by atoms with Crippen molar-refractivity contribution in [1.82, 2.24) is 10.3 Å². The minimum Gasteiger partial charge on any atom is -0.481 e. The van der Waals surface area contributed by atoms with Crippen LogP contribution < -0.4 is 15.0 Å². The number of hydrogen-bond donors (Lipinski definition) is 2. The molecule has 6 nitrogen and oxygen atoms in total. The molecule has 1 aliphatic heterocycles. The number of aliphatic carboxylic acids is 1. The highest BCUT2D eigenvalue weighted by atomic mass is 19.4. The Morgan fingerprint density at radius 2 is 1.83 bits per heavy atom. The van der Waals surface area contributed by atoms with Crippen LogP contribution in [0.25, 0.3) is 0 Å². The maximum Gasteiger partial charge on any atom is 0.421 e. The number of halogens is 5. The number of aromatic nitrogens is 1. The van der Waals surface area contributed by atoms with Crippen molar-refractivity contribution in [3.63, 3.8) is 0 Å². The zero-order valence-corrected chi connectivity index (χ0v) is 16.0. The summed E-state index contributed by atoms with van der Waals surface area (Å²) in [6, 6.07) is 5.59. The summed E-state index contributed by atoms with van der Waals surface area (Å²) in [4.78, 5) is 14.8. The Kier molecular flexibility index (Phi) is 7.93. The van der Waals surface area contributed by atoms with Gasteiger partial charge in [-0.05, 0) is 18.2 Å². The van der Waals surface area contributed by atoms with Crippen LogP contribution in [0.1, 0.15) is 18.1 Å². The Morgan fingerprint density at radius 1 is 1.20 bits per heavy atom. The maximum absolute atomic E-state index is 13.7. The van der Waals surface area contributed by atoms with Crippen LogP contribution in [0, 0.1) is 11.6 Å². The fourth-order valence-corrected chi connectivity index (χ4v) is 2.63.